The summed E-state index contributed by atoms with van der Waals surface area (Å²) in [6, 6.07) is 0. The predicted molar refractivity (Wildman–Crippen MR) is 42.4 cm³/mol. The Bertz CT molecular complexity index is 265. The van der Waals surface area contributed by atoms with Crippen LogP contribution in [-0.2, 0) is 9.53 Å². The van der Waals surface area contributed by atoms with E-state index in [1.54, 1.807) is 0 Å². The zero-order valence-electron chi connectivity index (χ0n) is 7.20. The van der Waals surface area contributed by atoms with Gasteiger partial charge in [0.1, 0.15) is 0 Å². The number of hydrogen-bond donors (Lipinski definition) is 1. The van der Waals surface area contributed by atoms with Crippen molar-refractivity contribution >= 4 is 5.97 Å². The quantitative estimate of drug-likeness (QED) is 0.336. The molecule has 66 valence electrons. The molecule has 12 heavy (non-hydrogen) atoms. The first kappa shape index (κ1) is 7.65. The molecule has 0 bridgehead atoms. The van der Waals surface area contributed by atoms with E-state index in [0.717, 1.165) is 6.26 Å². The van der Waals surface area contributed by atoms with Crippen molar-refractivity contribution < 1.29 is 14.6 Å². The zero-order chi connectivity index (χ0) is 8.93. The molecule has 0 unspecified atom stereocenters. The molecule has 2 rings (SSSR count). The molecule has 2 fully saturated rings. The van der Waals surface area contributed by atoms with Gasteiger partial charge < -0.3 is 9.84 Å². The van der Waals surface area contributed by atoms with Gasteiger partial charge in [-0.05, 0) is 5.41 Å². The van der Waals surface area contributed by atoms with Crippen LogP contribution in [-0.4, -0.2) is 17.7 Å². The van der Waals surface area contributed by atoms with Gasteiger partial charge in [0, 0.05) is 11.8 Å². The summed E-state index contributed by atoms with van der Waals surface area (Å²) < 4.78 is 4.90. The second-order valence-electron chi connectivity index (χ2n) is 4.09. The number of aliphatic hydroxyl groups is 1. The van der Waals surface area contributed by atoms with Gasteiger partial charge in [0.05, 0.1) is 18.4 Å². The highest BCUT2D eigenvalue weighted by atomic mass is 16.5. The lowest BCUT2D eigenvalue weighted by Gasteiger charge is -2.11. The zero-order valence-corrected chi connectivity index (χ0v) is 7.20. The van der Waals surface area contributed by atoms with E-state index in [4.69, 9.17) is 9.84 Å². The fourth-order valence-corrected chi connectivity index (χ4v) is 2.18. The first-order valence-corrected chi connectivity index (χ1v) is 4.10. The van der Waals surface area contributed by atoms with Gasteiger partial charge in [-0.1, -0.05) is 13.8 Å². The molecule has 0 aromatic heterocycles. The standard InChI is InChI=1S/C9H12O3/c1-9(2)6-4-12-8(11)5(3-10)7(6)9/h3,6-7,10H,4H2,1-2H3/b5-3+/t6-,7+/m0/s1. The van der Waals surface area contributed by atoms with E-state index in [1.165, 1.54) is 0 Å². The lowest BCUT2D eigenvalue weighted by atomic mass is 10.0. The van der Waals surface area contributed by atoms with E-state index >= 15 is 0 Å². The highest BCUT2D eigenvalue weighted by Crippen LogP contribution is 2.63. The molecule has 0 spiro atoms. The number of fused-ring (bicyclic) bond motifs is 1. The second-order valence-corrected chi connectivity index (χ2v) is 4.09. The van der Waals surface area contributed by atoms with Crippen LogP contribution < -0.4 is 0 Å². The first-order chi connectivity index (χ1) is 5.59. The van der Waals surface area contributed by atoms with Crippen molar-refractivity contribution in [1.82, 2.24) is 0 Å². The van der Waals surface area contributed by atoms with Crippen LogP contribution in [0.15, 0.2) is 11.8 Å². The fraction of sp³-hybridized carbons (Fsp3) is 0.667. The molecule has 0 amide bonds. The number of carbonyl (C=O) groups excluding carboxylic acids is 1. The Kier molecular flexibility index (Phi) is 1.29. The average Bonchev–Trinajstić information content (AvgIpc) is 2.55. The maximum absolute atomic E-state index is 11.1. The fourth-order valence-electron chi connectivity index (χ4n) is 2.18. The third-order valence-electron chi connectivity index (χ3n) is 3.15. The third-order valence-corrected chi connectivity index (χ3v) is 3.15. The van der Waals surface area contributed by atoms with E-state index in [0.29, 0.717) is 18.1 Å². The van der Waals surface area contributed by atoms with E-state index in [1.807, 2.05) is 0 Å². The summed E-state index contributed by atoms with van der Waals surface area (Å²) in [4.78, 5) is 11.1. The molecular formula is C9H12O3. The van der Waals surface area contributed by atoms with Crippen LogP contribution in [0.5, 0.6) is 0 Å². The minimum atomic E-state index is -0.357. The Morgan fingerprint density at radius 3 is 2.83 bits per heavy atom. The molecule has 1 saturated carbocycles. The number of hydrogen-bond acceptors (Lipinski definition) is 3. The van der Waals surface area contributed by atoms with Crippen molar-refractivity contribution in [3.05, 3.63) is 11.8 Å². The van der Waals surface area contributed by atoms with E-state index in [-0.39, 0.29) is 17.3 Å². The minimum absolute atomic E-state index is 0.126. The molecule has 3 nitrogen and oxygen atoms in total. The topological polar surface area (TPSA) is 46.5 Å². The molecule has 1 saturated heterocycles. The van der Waals surface area contributed by atoms with Crippen LogP contribution in [0.4, 0.5) is 0 Å². The van der Waals surface area contributed by atoms with Crippen molar-refractivity contribution in [3.8, 4) is 0 Å². The molecule has 2 atom stereocenters. The lowest BCUT2D eigenvalue weighted by Crippen LogP contribution is -2.18. The predicted octanol–water partition coefficient (Wildman–Crippen LogP) is 1.26. The van der Waals surface area contributed by atoms with Crippen molar-refractivity contribution in [2.45, 2.75) is 13.8 Å². The van der Waals surface area contributed by atoms with Crippen molar-refractivity contribution in [1.29, 1.82) is 0 Å². The lowest BCUT2D eigenvalue weighted by molar-refractivity contribution is -0.141. The van der Waals surface area contributed by atoms with E-state index in [2.05, 4.69) is 13.8 Å². The van der Waals surface area contributed by atoms with Crippen molar-refractivity contribution in [2.24, 2.45) is 17.3 Å². The number of rotatable bonds is 0. The van der Waals surface area contributed by atoms with Crippen LogP contribution >= 0.6 is 0 Å². The summed E-state index contributed by atoms with van der Waals surface area (Å²) in [5.41, 5.74) is 0.567. The maximum atomic E-state index is 11.1. The number of aliphatic hydroxyl groups excluding tert-OH is 1. The summed E-state index contributed by atoms with van der Waals surface area (Å²) in [6.07, 6.45) is 0.897. The normalized spacial score (nSPS) is 40.5. The minimum Gasteiger partial charge on any atom is -0.515 e. The summed E-state index contributed by atoms with van der Waals surface area (Å²) in [6.45, 7) is 4.69. The summed E-state index contributed by atoms with van der Waals surface area (Å²) >= 11 is 0. The largest absolute Gasteiger partial charge is 0.515 e. The third kappa shape index (κ3) is 0.737. The molecule has 3 heteroatoms. The highest BCUT2D eigenvalue weighted by Gasteiger charge is 2.63. The van der Waals surface area contributed by atoms with Crippen molar-refractivity contribution in [3.63, 3.8) is 0 Å². The Morgan fingerprint density at radius 1 is 1.67 bits per heavy atom. The molecule has 0 aromatic rings. The number of ether oxygens (including phenoxy) is 1. The summed E-state index contributed by atoms with van der Waals surface area (Å²) in [5.74, 6) is 0.265. The van der Waals surface area contributed by atoms with Crippen LogP contribution in [0.1, 0.15) is 13.8 Å². The molecule has 1 aliphatic heterocycles. The van der Waals surface area contributed by atoms with Gasteiger partial charge in [0.15, 0.2) is 0 Å². The maximum Gasteiger partial charge on any atom is 0.337 e. The Balaban J connectivity index is 2.29. The molecular weight excluding hydrogens is 156 g/mol. The average molecular weight is 168 g/mol. The van der Waals surface area contributed by atoms with Gasteiger partial charge in [-0.25, -0.2) is 4.79 Å². The molecule has 1 aliphatic carbocycles. The van der Waals surface area contributed by atoms with Gasteiger partial charge in [0.2, 0.25) is 0 Å². The second kappa shape index (κ2) is 2.03. The van der Waals surface area contributed by atoms with Gasteiger partial charge in [-0.15, -0.1) is 0 Å². The van der Waals surface area contributed by atoms with Crippen LogP contribution in [0.25, 0.3) is 0 Å². The van der Waals surface area contributed by atoms with E-state index < -0.39 is 0 Å². The Labute approximate surface area is 71.0 Å². The Morgan fingerprint density at radius 2 is 2.33 bits per heavy atom. The van der Waals surface area contributed by atoms with Gasteiger partial charge in [-0.3, -0.25) is 0 Å². The van der Waals surface area contributed by atoms with Gasteiger partial charge >= 0.3 is 5.97 Å². The number of carbonyl (C=O) groups is 1. The number of esters is 1. The van der Waals surface area contributed by atoms with Gasteiger partial charge in [-0.2, -0.15) is 0 Å². The number of cyclic esters (lactones) is 1. The monoisotopic (exact) mass is 168 g/mol. The van der Waals surface area contributed by atoms with Crippen LogP contribution in [0.3, 0.4) is 0 Å². The smallest absolute Gasteiger partial charge is 0.337 e. The molecule has 1 N–H and O–H groups in total. The summed E-state index contributed by atoms with van der Waals surface area (Å²) in [7, 11) is 0. The molecule has 0 aromatic carbocycles. The molecule has 1 heterocycles. The SMILES string of the molecule is CC1(C)[C@@H]2/C(=C\O)C(=O)OC[C@@H]21. The first-order valence-electron chi connectivity index (χ1n) is 4.10. The summed E-state index contributed by atoms with van der Waals surface area (Å²) in [5, 5.41) is 8.83. The molecule has 2 aliphatic rings. The van der Waals surface area contributed by atoms with Crippen molar-refractivity contribution in [2.75, 3.05) is 6.61 Å². The van der Waals surface area contributed by atoms with Crippen LogP contribution in [0, 0.1) is 17.3 Å². The Hall–Kier alpha value is -0.990. The highest BCUT2D eigenvalue weighted by molar-refractivity contribution is 5.90. The van der Waals surface area contributed by atoms with Gasteiger partial charge in [0.25, 0.3) is 0 Å². The molecule has 0 radical (unpaired) electrons. The van der Waals surface area contributed by atoms with Crippen LogP contribution in [0.2, 0.25) is 0 Å². The van der Waals surface area contributed by atoms with E-state index in [9.17, 15) is 4.79 Å².